The lowest BCUT2D eigenvalue weighted by molar-refractivity contribution is -0.132. The number of nitrogens with zero attached hydrogens (tertiary/aromatic N) is 1. The number of oxime groups is 1. The Morgan fingerprint density at radius 2 is 1.76 bits per heavy atom. The Kier molecular flexibility index (Phi) is 6.45. The van der Waals surface area contributed by atoms with Crippen LogP contribution in [0.3, 0.4) is 0 Å². The summed E-state index contributed by atoms with van der Waals surface area (Å²) >= 11 is 0. The highest BCUT2D eigenvalue weighted by Crippen LogP contribution is 2.27. The molecular weight excluding hydrogens is 270 g/mol. The van der Waals surface area contributed by atoms with Gasteiger partial charge in [0.2, 0.25) is 5.91 Å². The van der Waals surface area contributed by atoms with Gasteiger partial charge in [0.25, 0.3) is 0 Å². The standard InChI is InChI=1S/C15H29N3O3/c1-14(2,3)21-11-12(19)17-15(13(16)18-20)9-7-5-4-6-8-10-15/h20H,4-11H2,1-3H3,(H2,16,18)(H,17,19). The minimum Gasteiger partial charge on any atom is -0.409 e. The van der Waals surface area contributed by atoms with E-state index in [2.05, 4.69) is 10.5 Å². The molecule has 1 aliphatic rings. The average Bonchev–Trinajstić information content (AvgIpc) is 2.38. The fourth-order valence-corrected chi connectivity index (χ4v) is 2.63. The lowest BCUT2D eigenvalue weighted by atomic mass is 9.83. The molecule has 1 fully saturated rings. The lowest BCUT2D eigenvalue weighted by Gasteiger charge is -2.35. The molecular formula is C15H29N3O3. The maximum Gasteiger partial charge on any atom is 0.246 e. The summed E-state index contributed by atoms with van der Waals surface area (Å²) in [4.78, 5) is 12.2. The fraction of sp³-hybridized carbons (Fsp3) is 0.867. The lowest BCUT2D eigenvalue weighted by Crippen LogP contribution is -2.58. The second kappa shape index (κ2) is 7.64. The summed E-state index contributed by atoms with van der Waals surface area (Å²) in [5.74, 6) is -0.134. The molecule has 0 radical (unpaired) electrons. The van der Waals surface area contributed by atoms with E-state index < -0.39 is 5.54 Å². The molecule has 21 heavy (non-hydrogen) atoms. The van der Waals surface area contributed by atoms with Crippen molar-refractivity contribution >= 4 is 11.7 Å². The Balaban J connectivity index is 2.75. The first kappa shape index (κ1) is 17.8. The molecule has 0 saturated heterocycles. The molecule has 4 N–H and O–H groups in total. The number of carbonyl (C=O) groups is 1. The third kappa shape index (κ3) is 5.91. The monoisotopic (exact) mass is 299 g/mol. The Bertz CT molecular complexity index is 367. The van der Waals surface area contributed by atoms with Crippen molar-refractivity contribution in [2.45, 2.75) is 76.9 Å². The first-order chi connectivity index (χ1) is 9.79. The zero-order chi connectivity index (χ0) is 15.9. The minimum atomic E-state index is -0.743. The summed E-state index contributed by atoms with van der Waals surface area (Å²) < 4.78 is 5.49. The number of amides is 1. The highest BCUT2D eigenvalue weighted by Gasteiger charge is 2.36. The summed E-state index contributed by atoms with van der Waals surface area (Å²) in [7, 11) is 0. The second-order valence-corrected chi connectivity index (χ2v) is 6.78. The number of hydrogen-bond acceptors (Lipinski definition) is 4. The van der Waals surface area contributed by atoms with Gasteiger partial charge in [0.15, 0.2) is 5.84 Å². The Labute approximate surface area is 127 Å². The SMILES string of the molecule is CC(C)(C)OCC(=O)NC1(C(N)=NO)CCCCCCC1. The number of hydrogen-bond donors (Lipinski definition) is 3. The van der Waals surface area contributed by atoms with Gasteiger partial charge in [-0.2, -0.15) is 0 Å². The zero-order valence-corrected chi connectivity index (χ0v) is 13.4. The van der Waals surface area contributed by atoms with Crippen molar-refractivity contribution in [2.75, 3.05) is 6.61 Å². The molecule has 1 rings (SSSR count). The van der Waals surface area contributed by atoms with Gasteiger partial charge in [0, 0.05) is 0 Å². The quantitative estimate of drug-likeness (QED) is 0.321. The fourth-order valence-electron chi connectivity index (χ4n) is 2.63. The van der Waals surface area contributed by atoms with Gasteiger partial charge in [-0.3, -0.25) is 4.79 Å². The number of rotatable bonds is 4. The molecule has 1 aliphatic carbocycles. The number of nitrogens with one attached hydrogen (secondary N) is 1. The van der Waals surface area contributed by atoms with Crippen LogP contribution in [0.4, 0.5) is 0 Å². The molecule has 122 valence electrons. The van der Waals surface area contributed by atoms with Crippen molar-refractivity contribution in [2.24, 2.45) is 10.9 Å². The molecule has 0 spiro atoms. The van der Waals surface area contributed by atoms with Crippen LogP contribution in [0.25, 0.3) is 0 Å². The van der Waals surface area contributed by atoms with Gasteiger partial charge in [-0.15, -0.1) is 0 Å². The number of amidine groups is 1. The number of ether oxygens (including phenoxy) is 1. The summed E-state index contributed by atoms with van der Waals surface area (Å²) in [5.41, 5.74) is 4.76. The predicted octanol–water partition coefficient (Wildman–Crippen LogP) is 2.15. The van der Waals surface area contributed by atoms with Crippen molar-refractivity contribution in [3.8, 4) is 0 Å². The third-order valence-electron chi connectivity index (χ3n) is 3.82. The molecule has 1 saturated carbocycles. The molecule has 0 aliphatic heterocycles. The Morgan fingerprint density at radius 1 is 1.24 bits per heavy atom. The highest BCUT2D eigenvalue weighted by atomic mass is 16.5. The molecule has 6 nitrogen and oxygen atoms in total. The van der Waals surface area contributed by atoms with Crippen LogP contribution in [-0.2, 0) is 9.53 Å². The van der Waals surface area contributed by atoms with Crippen molar-refractivity contribution < 1.29 is 14.7 Å². The van der Waals surface area contributed by atoms with E-state index in [0.717, 1.165) is 25.7 Å². The smallest absolute Gasteiger partial charge is 0.246 e. The van der Waals surface area contributed by atoms with Gasteiger partial charge in [-0.1, -0.05) is 37.3 Å². The summed E-state index contributed by atoms with van der Waals surface area (Å²) in [5, 5.41) is 15.2. The first-order valence-corrected chi connectivity index (χ1v) is 7.72. The zero-order valence-electron chi connectivity index (χ0n) is 13.4. The molecule has 0 heterocycles. The van der Waals surface area contributed by atoms with E-state index in [-0.39, 0.29) is 24.0 Å². The second-order valence-electron chi connectivity index (χ2n) is 6.78. The van der Waals surface area contributed by atoms with E-state index in [1.807, 2.05) is 20.8 Å². The summed E-state index contributed by atoms with van der Waals surface area (Å²) in [6, 6.07) is 0. The topological polar surface area (TPSA) is 96.9 Å². The van der Waals surface area contributed by atoms with E-state index in [1.54, 1.807) is 0 Å². The van der Waals surface area contributed by atoms with Crippen molar-refractivity contribution in [1.29, 1.82) is 0 Å². The van der Waals surface area contributed by atoms with E-state index in [4.69, 9.17) is 15.7 Å². The summed E-state index contributed by atoms with van der Waals surface area (Å²) in [6.45, 7) is 5.67. The van der Waals surface area contributed by atoms with E-state index >= 15 is 0 Å². The largest absolute Gasteiger partial charge is 0.409 e. The van der Waals surface area contributed by atoms with Gasteiger partial charge in [-0.05, 0) is 33.6 Å². The van der Waals surface area contributed by atoms with Crippen LogP contribution in [0.5, 0.6) is 0 Å². The average molecular weight is 299 g/mol. The molecule has 6 heteroatoms. The first-order valence-electron chi connectivity index (χ1n) is 7.72. The normalized spacial score (nSPS) is 20.4. The van der Waals surface area contributed by atoms with Crippen LogP contribution in [0.15, 0.2) is 5.16 Å². The van der Waals surface area contributed by atoms with Gasteiger partial charge in [0.1, 0.15) is 12.1 Å². The molecule has 0 aromatic rings. The third-order valence-corrected chi connectivity index (χ3v) is 3.82. The number of nitrogens with two attached hydrogens (primary N) is 1. The maximum absolute atomic E-state index is 12.2. The molecule has 0 atom stereocenters. The van der Waals surface area contributed by atoms with Gasteiger partial charge >= 0.3 is 0 Å². The van der Waals surface area contributed by atoms with E-state index in [9.17, 15) is 4.79 Å². The number of carbonyl (C=O) groups excluding carboxylic acids is 1. The van der Waals surface area contributed by atoms with Crippen LogP contribution in [0.2, 0.25) is 0 Å². The van der Waals surface area contributed by atoms with Gasteiger partial charge < -0.3 is 21.0 Å². The Hall–Kier alpha value is -1.30. The molecule has 0 aromatic carbocycles. The Morgan fingerprint density at radius 3 is 2.24 bits per heavy atom. The molecule has 1 amide bonds. The van der Waals surface area contributed by atoms with Gasteiger partial charge in [-0.25, -0.2) is 0 Å². The van der Waals surface area contributed by atoms with Crippen LogP contribution < -0.4 is 11.1 Å². The van der Waals surface area contributed by atoms with Crippen LogP contribution in [0, 0.1) is 0 Å². The summed E-state index contributed by atoms with van der Waals surface area (Å²) in [6.07, 6.45) is 6.72. The van der Waals surface area contributed by atoms with E-state index in [0.29, 0.717) is 12.8 Å². The van der Waals surface area contributed by atoms with Crippen molar-refractivity contribution in [3.63, 3.8) is 0 Å². The molecule has 0 aromatic heterocycles. The minimum absolute atomic E-state index is 0.0239. The van der Waals surface area contributed by atoms with Crippen LogP contribution in [0.1, 0.15) is 65.7 Å². The van der Waals surface area contributed by atoms with Crippen LogP contribution in [-0.4, -0.2) is 34.7 Å². The predicted molar refractivity (Wildman–Crippen MR) is 82.3 cm³/mol. The highest BCUT2D eigenvalue weighted by molar-refractivity contribution is 5.94. The van der Waals surface area contributed by atoms with Crippen LogP contribution >= 0.6 is 0 Å². The molecule has 0 bridgehead atoms. The maximum atomic E-state index is 12.2. The molecule has 0 unspecified atom stereocenters. The van der Waals surface area contributed by atoms with Crippen molar-refractivity contribution in [3.05, 3.63) is 0 Å². The van der Waals surface area contributed by atoms with E-state index in [1.165, 1.54) is 6.42 Å². The van der Waals surface area contributed by atoms with Gasteiger partial charge in [0.05, 0.1) is 5.60 Å². The van der Waals surface area contributed by atoms with Crippen molar-refractivity contribution in [1.82, 2.24) is 5.32 Å².